The average molecular weight is 219 g/mol. The number of para-hydroxylation sites is 1. The number of carboxylic acid groups (broad SMARTS) is 1. The molecule has 1 N–H and O–H groups in total. The lowest BCUT2D eigenvalue weighted by molar-refractivity contribution is -0.147. The van der Waals surface area contributed by atoms with Crippen molar-refractivity contribution in [2.24, 2.45) is 0 Å². The van der Waals surface area contributed by atoms with Gasteiger partial charge in [0.05, 0.1) is 0 Å². The summed E-state index contributed by atoms with van der Waals surface area (Å²) < 4.78 is 37.3. The molecule has 0 bridgehead atoms. The predicted octanol–water partition coefficient (Wildman–Crippen LogP) is 2.10. The van der Waals surface area contributed by atoms with Crippen LogP contribution in [0.3, 0.4) is 0 Å². The summed E-state index contributed by atoms with van der Waals surface area (Å²) >= 11 is 0. The Bertz CT molecular complexity index is 337. The van der Waals surface area contributed by atoms with E-state index >= 15 is 0 Å². The van der Waals surface area contributed by atoms with Crippen LogP contribution < -0.4 is 4.90 Å². The second-order valence-corrected chi connectivity index (χ2v) is 2.78. The number of halogens is 3. The van der Waals surface area contributed by atoms with Gasteiger partial charge in [-0.1, -0.05) is 18.2 Å². The molecule has 1 aromatic carbocycles. The normalized spacial score (nSPS) is 11.1. The first-order valence-electron chi connectivity index (χ1n) is 4.02. The summed E-state index contributed by atoms with van der Waals surface area (Å²) in [7, 11) is 0. The van der Waals surface area contributed by atoms with Gasteiger partial charge in [0.25, 0.3) is 0 Å². The molecular formula is C9H8F3NO2. The van der Waals surface area contributed by atoms with Crippen LogP contribution in [0.4, 0.5) is 18.9 Å². The maximum Gasteiger partial charge on any atom is 0.485 e. The number of benzene rings is 1. The number of carboxylic acids is 1. The van der Waals surface area contributed by atoms with Crippen molar-refractivity contribution in [3.63, 3.8) is 0 Å². The third kappa shape index (κ3) is 3.16. The van der Waals surface area contributed by atoms with Gasteiger partial charge in [-0.25, -0.2) is 0 Å². The first-order valence-corrected chi connectivity index (χ1v) is 4.02. The van der Waals surface area contributed by atoms with E-state index in [0.29, 0.717) is 0 Å². The van der Waals surface area contributed by atoms with Gasteiger partial charge in [0.1, 0.15) is 6.54 Å². The summed E-state index contributed by atoms with van der Waals surface area (Å²) in [5.74, 6) is -1.53. The number of anilines is 1. The van der Waals surface area contributed by atoms with Crippen LogP contribution in [0, 0.1) is 0 Å². The Morgan fingerprint density at radius 2 is 1.80 bits per heavy atom. The van der Waals surface area contributed by atoms with Gasteiger partial charge in [-0.3, -0.25) is 9.69 Å². The zero-order chi connectivity index (χ0) is 11.5. The fraction of sp³-hybridized carbons (Fsp3) is 0.222. The highest BCUT2D eigenvalue weighted by molar-refractivity contribution is 5.73. The highest BCUT2D eigenvalue weighted by Gasteiger charge is 2.38. The Morgan fingerprint density at radius 1 is 1.27 bits per heavy atom. The molecule has 15 heavy (non-hydrogen) atoms. The van der Waals surface area contributed by atoms with E-state index < -0.39 is 18.8 Å². The van der Waals surface area contributed by atoms with Gasteiger partial charge in [-0.15, -0.1) is 0 Å². The van der Waals surface area contributed by atoms with Gasteiger partial charge in [0.2, 0.25) is 0 Å². The van der Waals surface area contributed by atoms with Gasteiger partial charge in [0.15, 0.2) is 0 Å². The summed E-state index contributed by atoms with van der Waals surface area (Å²) in [6.07, 6.45) is -4.69. The van der Waals surface area contributed by atoms with E-state index in [9.17, 15) is 18.0 Å². The maximum absolute atomic E-state index is 12.4. The lowest BCUT2D eigenvalue weighted by Gasteiger charge is -2.24. The molecule has 6 heteroatoms. The summed E-state index contributed by atoms with van der Waals surface area (Å²) in [4.78, 5) is 10.2. The SMILES string of the molecule is O=C(O)CN(c1ccccc1)C(F)(F)F. The molecule has 3 nitrogen and oxygen atoms in total. The molecule has 0 aliphatic carbocycles. The van der Waals surface area contributed by atoms with Crippen LogP contribution in [0.2, 0.25) is 0 Å². The van der Waals surface area contributed by atoms with Gasteiger partial charge >= 0.3 is 12.3 Å². The molecular weight excluding hydrogens is 211 g/mol. The summed E-state index contributed by atoms with van der Waals surface area (Å²) in [6.45, 7) is -1.10. The molecule has 0 aromatic heterocycles. The summed E-state index contributed by atoms with van der Waals surface area (Å²) in [5.41, 5.74) is -0.188. The van der Waals surface area contributed by atoms with Crippen molar-refractivity contribution in [1.82, 2.24) is 0 Å². The lowest BCUT2D eigenvalue weighted by Crippen LogP contribution is -2.41. The molecule has 1 aromatic rings. The minimum absolute atomic E-state index is 0.130. The summed E-state index contributed by atoms with van der Waals surface area (Å²) in [5, 5.41) is 8.37. The fourth-order valence-electron chi connectivity index (χ4n) is 1.07. The Balaban J connectivity index is 2.97. The van der Waals surface area contributed by atoms with Crippen molar-refractivity contribution in [3.05, 3.63) is 30.3 Å². The van der Waals surface area contributed by atoms with Crippen LogP contribution in [0.1, 0.15) is 0 Å². The quantitative estimate of drug-likeness (QED) is 0.791. The van der Waals surface area contributed by atoms with E-state index in [0.717, 1.165) is 0 Å². The van der Waals surface area contributed by atoms with Gasteiger partial charge in [0, 0.05) is 5.69 Å². The van der Waals surface area contributed by atoms with E-state index in [1.165, 1.54) is 24.3 Å². The fourth-order valence-corrected chi connectivity index (χ4v) is 1.07. The van der Waals surface area contributed by atoms with Gasteiger partial charge in [-0.2, -0.15) is 13.2 Å². The topological polar surface area (TPSA) is 40.5 Å². The molecule has 0 saturated heterocycles. The van der Waals surface area contributed by atoms with Crippen molar-refractivity contribution in [2.75, 3.05) is 11.4 Å². The molecule has 0 unspecified atom stereocenters. The number of rotatable bonds is 3. The van der Waals surface area contributed by atoms with E-state index in [-0.39, 0.29) is 10.6 Å². The smallest absolute Gasteiger partial charge is 0.480 e. The molecule has 0 spiro atoms. The Hall–Kier alpha value is -1.72. The van der Waals surface area contributed by atoms with Gasteiger partial charge in [-0.05, 0) is 12.1 Å². The van der Waals surface area contributed by atoms with Crippen LogP contribution in [-0.2, 0) is 4.79 Å². The highest BCUT2D eigenvalue weighted by Crippen LogP contribution is 2.27. The first kappa shape index (κ1) is 11.4. The van der Waals surface area contributed by atoms with Crippen molar-refractivity contribution < 1.29 is 23.1 Å². The molecule has 0 atom stereocenters. The number of aliphatic carboxylic acids is 1. The van der Waals surface area contributed by atoms with Crippen LogP contribution >= 0.6 is 0 Å². The molecule has 82 valence electrons. The summed E-state index contributed by atoms with van der Waals surface area (Å²) in [6, 6.07) is 6.79. The molecule has 1 rings (SSSR count). The lowest BCUT2D eigenvalue weighted by atomic mass is 10.3. The second kappa shape index (κ2) is 4.20. The van der Waals surface area contributed by atoms with Crippen LogP contribution in [0.25, 0.3) is 0 Å². The number of carbonyl (C=O) groups is 1. The monoisotopic (exact) mass is 219 g/mol. The molecule has 0 radical (unpaired) electrons. The minimum atomic E-state index is -4.69. The van der Waals surface area contributed by atoms with Crippen molar-refractivity contribution >= 4 is 11.7 Å². The van der Waals surface area contributed by atoms with E-state index in [1.54, 1.807) is 6.07 Å². The molecule has 0 heterocycles. The zero-order valence-electron chi connectivity index (χ0n) is 7.53. The highest BCUT2D eigenvalue weighted by atomic mass is 19.4. The minimum Gasteiger partial charge on any atom is -0.480 e. The molecule has 0 amide bonds. The van der Waals surface area contributed by atoms with Crippen LogP contribution in [0.15, 0.2) is 30.3 Å². The van der Waals surface area contributed by atoms with E-state index in [4.69, 9.17) is 5.11 Å². The number of alkyl halides is 3. The molecule has 0 saturated carbocycles. The number of nitrogens with zero attached hydrogens (tertiary/aromatic N) is 1. The second-order valence-electron chi connectivity index (χ2n) is 2.78. The van der Waals surface area contributed by atoms with Crippen molar-refractivity contribution in [2.45, 2.75) is 6.30 Å². The molecule has 0 aliphatic heterocycles. The first-order chi connectivity index (χ1) is 6.91. The Morgan fingerprint density at radius 3 is 2.20 bits per heavy atom. The zero-order valence-corrected chi connectivity index (χ0v) is 7.53. The average Bonchev–Trinajstić information content (AvgIpc) is 2.14. The Kier molecular flexibility index (Phi) is 3.18. The standard InChI is InChI=1S/C9H8F3NO2/c10-9(11,12)13(6-8(14)15)7-4-2-1-3-5-7/h1-5H,6H2,(H,14,15). The predicted molar refractivity (Wildman–Crippen MR) is 47.5 cm³/mol. The number of hydrogen-bond acceptors (Lipinski definition) is 2. The van der Waals surface area contributed by atoms with Crippen molar-refractivity contribution in [1.29, 1.82) is 0 Å². The molecule has 0 fully saturated rings. The largest absolute Gasteiger partial charge is 0.485 e. The third-order valence-electron chi connectivity index (χ3n) is 1.67. The number of hydrogen-bond donors (Lipinski definition) is 1. The van der Waals surface area contributed by atoms with E-state index in [2.05, 4.69) is 0 Å². The maximum atomic E-state index is 12.4. The van der Waals surface area contributed by atoms with Crippen LogP contribution in [-0.4, -0.2) is 23.9 Å². The van der Waals surface area contributed by atoms with Crippen LogP contribution in [0.5, 0.6) is 0 Å². The van der Waals surface area contributed by atoms with Gasteiger partial charge < -0.3 is 5.11 Å². The third-order valence-corrected chi connectivity index (χ3v) is 1.67. The van der Waals surface area contributed by atoms with E-state index in [1.807, 2.05) is 0 Å². The Labute approximate surface area is 83.7 Å². The van der Waals surface area contributed by atoms with Crippen molar-refractivity contribution in [3.8, 4) is 0 Å². The molecule has 0 aliphatic rings.